The number of esters is 1. The number of carbonyl (C=O) groups excluding carboxylic acids is 3. The Morgan fingerprint density at radius 1 is 1.23 bits per heavy atom. The topological polar surface area (TPSA) is 66.9 Å². The highest BCUT2D eigenvalue weighted by molar-refractivity contribution is 7.99. The fraction of sp³-hybridized carbons (Fsp3) is 0.526. The molecule has 2 saturated heterocycles. The molecular formula is C19H24N2O4S. The van der Waals surface area contributed by atoms with E-state index in [1.807, 2.05) is 18.2 Å². The summed E-state index contributed by atoms with van der Waals surface area (Å²) >= 11 is 1.59. The number of thioether (sulfide) groups is 1. The third kappa shape index (κ3) is 4.03. The van der Waals surface area contributed by atoms with Gasteiger partial charge in [0.05, 0.1) is 18.4 Å². The van der Waals surface area contributed by atoms with Crippen molar-refractivity contribution >= 4 is 29.5 Å². The van der Waals surface area contributed by atoms with Crippen LogP contribution in [0.1, 0.15) is 30.1 Å². The van der Waals surface area contributed by atoms with Gasteiger partial charge in [-0.3, -0.25) is 14.4 Å². The molecule has 0 bridgehead atoms. The summed E-state index contributed by atoms with van der Waals surface area (Å²) in [6.07, 6.45) is 1.52. The molecule has 1 aromatic carbocycles. The molecule has 1 aromatic rings. The maximum absolute atomic E-state index is 13.0. The molecule has 140 valence electrons. The van der Waals surface area contributed by atoms with Crippen molar-refractivity contribution in [1.82, 2.24) is 9.80 Å². The number of hydrogen-bond donors (Lipinski definition) is 0. The molecule has 0 spiro atoms. The van der Waals surface area contributed by atoms with Crippen LogP contribution in [0.5, 0.6) is 0 Å². The monoisotopic (exact) mass is 376 g/mol. The summed E-state index contributed by atoms with van der Waals surface area (Å²) in [5.74, 6) is 0.432. The maximum atomic E-state index is 13.0. The first-order valence-corrected chi connectivity index (χ1v) is 10.2. The van der Waals surface area contributed by atoms with Crippen LogP contribution in [0.2, 0.25) is 0 Å². The van der Waals surface area contributed by atoms with Gasteiger partial charge in [-0.1, -0.05) is 18.2 Å². The normalized spacial score (nSPS) is 23.0. The molecule has 2 aliphatic rings. The van der Waals surface area contributed by atoms with E-state index in [1.165, 1.54) is 0 Å². The first-order valence-electron chi connectivity index (χ1n) is 9.01. The van der Waals surface area contributed by atoms with Crippen LogP contribution in [-0.4, -0.2) is 65.0 Å². The number of rotatable bonds is 4. The molecule has 2 atom stereocenters. The summed E-state index contributed by atoms with van der Waals surface area (Å²) in [7, 11) is 0. The van der Waals surface area contributed by atoms with Crippen LogP contribution in [0, 0.1) is 5.92 Å². The number of likely N-dealkylation sites (tertiary alicyclic amines) is 1. The minimum atomic E-state index is -0.464. The molecule has 2 heterocycles. The predicted octanol–water partition coefficient (Wildman–Crippen LogP) is 2.00. The van der Waals surface area contributed by atoms with Crippen LogP contribution in [0.3, 0.4) is 0 Å². The van der Waals surface area contributed by atoms with Gasteiger partial charge >= 0.3 is 5.97 Å². The molecule has 7 heteroatoms. The lowest BCUT2D eigenvalue weighted by Gasteiger charge is -2.35. The summed E-state index contributed by atoms with van der Waals surface area (Å²) in [5, 5.41) is 0. The summed E-state index contributed by atoms with van der Waals surface area (Å²) < 4.78 is 5.11. The minimum Gasteiger partial charge on any atom is -0.466 e. The minimum absolute atomic E-state index is 0.0618. The van der Waals surface area contributed by atoms with Crippen molar-refractivity contribution < 1.29 is 19.1 Å². The van der Waals surface area contributed by atoms with Crippen LogP contribution in [0.15, 0.2) is 30.3 Å². The number of ether oxygens (including phenoxy) is 1. The zero-order valence-electron chi connectivity index (χ0n) is 14.9. The Hall–Kier alpha value is -2.02. The third-order valence-electron chi connectivity index (χ3n) is 4.80. The highest BCUT2D eigenvalue weighted by Crippen LogP contribution is 2.27. The number of piperidine rings is 1. The maximum Gasteiger partial charge on any atom is 0.310 e. The molecule has 26 heavy (non-hydrogen) atoms. The van der Waals surface area contributed by atoms with E-state index in [-0.39, 0.29) is 23.7 Å². The van der Waals surface area contributed by atoms with E-state index in [0.29, 0.717) is 36.9 Å². The Balaban J connectivity index is 1.68. The van der Waals surface area contributed by atoms with E-state index in [0.717, 1.165) is 12.8 Å². The molecule has 0 aliphatic carbocycles. The Kier molecular flexibility index (Phi) is 6.19. The molecule has 0 aromatic heterocycles. The summed E-state index contributed by atoms with van der Waals surface area (Å²) in [6.45, 7) is 3.14. The van der Waals surface area contributed by atoms with Gasteiger partial charge in [-0.15, -0.1) is 11.8 Å². The Morgan fingerprint density at radius 3 is 2.73 bits per heavy atom. The third-order valence-corrected chi connectivity index (χ3v) is 5.81. The number of hydrogen-bond acceptors (Lipinski definition) is 5. The lowest BCUT2D eigenvalue weighted by Crippen LogP contribution is -2.52. The van der Waals surface area contributed by atoms with Crippen LogP contribution in [0.25, 0.3) is 0 Å². The number of carbonyl (C=O) groups is 3. The highest BCUT2D eigenvalue weighted by Gasteiger charge is 2.39. The summed E-state index contributed by atoms with van der Waals surface area (Å²) in [6, 6.07) is 8.58. The Bertz CT molecular complexity index is 667. The molecule has 0 saturated carbocycles. The van der Waals surface area contributed by atoms with E-state index in [2.05, 4.69) is 0 Å². The van der Waals surface area contributed by atoms with Crippen LogP contribution < -0.4 is 0 Å². The van der Waals surface area contributed by atoms with Crippen molar-refractivity contribution in [3.63, 3.8) is 0 Å². The van der Waals surface area contributed by atoms with Gasteiger partial charge in [0, 0.05) is 24.4 Å². The molecule has 2 amide bonds. The van der Waals surface area contributed by atoms with Crippen LogP contribution in [-0.2, 0) is 14.3 Å². The molecule has 3 rings (SSSR count). The van der Waals surface area contributed by atoms with Crippen LogP contribution in [0.4, 0.5) is 0 Å². The molecule has 2 fully saturated rings. The Morgan fingerprint density at radius 2 is 2.00 bits per heavy atom. The van der Waals surface area contributed by atoms with Crippen molar-refractivity contribution in [1.29, 1.82) is 0 Å². The van der Waals surface area contributed by atoms with Crippen molar-refractivity contribution in [2.24, 2.45) is 5.92 Å². The van der Waals surface area contributed by atoms with Gasteiger partial charge in [0.2, 0.25) is 5.91 Å². The second-order valence-corrected chi connectivity index (χ2v) is 7.53. The van der Waals surface area contributed by atoms with Gasteiger partial charge in [0.1, 0.15) is 6.04 Å². The molecule has 6 nitrogen and oxygen atoms in total. The van der Waals surface area contributed by atoms with Crippen molar-refractivity contribution in [3.8, 4) is 0 Å². The van der Waals surface area contributed by atoms with Crippen molar-refractivity contribution in [3.05, 3.63) is 35.9 Å². The largest absolute Gasteiger partial charge is 0.466 e. The quantitative estimate of drug-likeness (QED) is 0.752. The molecule has 0 N–H and O–H groups in total. The standard InChI is InChI=1S/C19H24N2O4S/c1-2-25-19(24)15-9-6-10-20(11-15)18(23)16-12-26-13-21(16)17(22)14-7-4-3-5-8-14/h3-5,7-8,15-16H,2,6,9-13H2,1H3/t15-,16-/m1/s1. The fourth-order valence-corrected chi connectivity index (χ4v) is 4.58. The van der Waals surface area contributed by atoms with E-state index in [1.54, 1.807) is 40.6 Å². The zero-order chi connectivity index (χ0) is 18.5. The molecule has 0 radical (unpaired) electrons. The summed E-state index contributed by atoms with van der Waals surface area (Å²) in [4.78, 5) is 41.2. The van der Waals surface area contributed by atoms with Gasteiger partial charge in [-0.2, -0.15) is 0 Å². The average Bonchev–Trinajstić information content (AvgIpc) is 3.17. The highest BCUT2D eigenvalue weighted by atomic mass is 32.2. The van der Waals surface area contributed by atoms with E-state index in [9.17, 15) is 14.4 Å². The smallest absolute Gasteiger partial charge is 0.310 e. The van der Waals surface area contributed by atoms with Gasteiger partial charge in [0.25, 0.3) is 5.91 Å². The van der Waals surface area contributed by atoms with E-state index >= 15 is 0 Å². The number of amides is 2. The fourth-order valence-electron chi connectivity index (χ4n) is 3.43. The van der Waals surface area contributed by atoms with E-state index in [4.69, 9.17) is 4.74 Å². The van der Waals surface area contributed by atoms with E-state index < -0.39 is 6.04 Å². The lowest BCUT2D eigenvalue weighted by atomic mass is 9.97. The second-order valence-electron chi connectivity index (χ2n) is 6.53. The van der Waals surface area contributed by atoms with Crippen molar-refractivity contribution in [2.45, 2.75) is 25.8 Å². The van der Waals surface area contributed by atoms with Gasteiger partial charge in [0.15, 0.2) is 0 Å². The molecule has 0 unspecified atom stereocenters. The van der Waals surface area contributed by atoms with Gasteiger partial charge in [-0.25, -0.2) is 0 Å². The predicted molar refractivity (Wildman–Crippen MR) is 99.7 cm³/mol. The lowest BCUT2D eigenvalue weighted by molar-refractivity contribution is -0.151. The SMILES string of the molecule is CCOC(=O)[C@@H]1CCCN(C(=O)[C@H]2CSCN2C(=O)c2ccccc2)C1. The zero-order valence-corrected chi connectivity index (χ0v) is 15.7. The van der Waals surface area contributed by atoms with Gasteiger partial charge in [-0.05, 0) is 31.9 Å². The Labute approximate surface area is 157 Å². The number of benzene rings is 1. The number of nitrogens with zero attached hydrogens (tertiary/aromatic N) is 2. The van der Waals surface area contributed by atoms with Crippen LogP contribution >= 0.6 is 11.8 Å². The second kappa shape index (κ2) is 8.58. The van der Waals surface area contributed by atoms with Gasteiger partial charge < -0.3 is 14.5 Å². The first-order chi connectivity index (χ1) is 12.6. The first kappa shape index (κ1) is 18.8. The van der Waals surface area contributed by atoms with Crippen molar-refractivity contribution in [2.75, 3.05) is 31.3 Å². The average molecular weight is 376 g/mol. The summed E-state index contributed by atoms with van der Waals surface area (Å²) in [5.41, 5.74) is 0.593. The molecule has 2 aliphatic heterocycles. The molecular weight excluding hydrogens is 352 g/mol.